The van der Waals surface area contributed by atoms with Gasteiger partial charge >= 0.3 is 11.6 Å². The van der Waals surface area contributed by atoms with Gasteiger partial charge in [-0.05, 0) is 37.5 Å². The fraction of sp³-hybridized carbons (Fsp3) is 0.500. The second-order valence-corrected chi connectivity index (χ2v) is 9.84. The fourth-order valence-electron chi connectivity index (χ4n) is 4.18. The molecular formula is C30H39N3O11. The van der Waals surface area contributed by atoms with Gasteiger partial charge in [0.05, 0.1) is 26.4 Å². The van der Waals surface area contributed by atoms with Crippen molar-refractivity contribution in [3.05, 3.63) is 52.5 Å². The Bertz CT molecular complexity index is 1340. The molecule has 0 spiro atoms. The summed E-state index contributed by atoms with van der Waals surface area (Å²) in [5.41, 5.74) is -0.00996. The molecule has 240 valence electrons. The van der Waals surface area contributed by atoms with Gasteiger partial charge in [-0.1, -0.05) is 6.58 Å². The number of allylic oxidation sites excluding steroid dienone is 1. The zero-order chi connectivity index (χ0) is 31.7. The number of rotatable bonds is 21. The number of carbonyl (C=O) groups is 4. The molecule has 1 aliphatic rings. The van der Waals surface area contributed by atoms with Crippen LogP contribution in [0.25, 0.3) is 11.0 Å². The smallest absolute Gasteiger partial charge is 0.349 e. The van der Waals surface area contributed by atoms with Crippen molar-refractivity contribution in [3.8, 4) is 5.75 Å². The minimum atomic E-state index is -1.13. The van der Waals surface area contributed by atoms with Crippen molar-refractivity contribution in [2.24, 2.45) is 0 Å². The van der Waals surface area contributed by atoms with Crippen molar-refractivity contribution in [1.82, 2.24) is 15.5 Å². The first-order valence-electron chi connectivity index (χ1n) is 14.4. The number of hydrogen-bond acceptors (Lipinski definition) is 10. The van der Waals surface area contributed by atoms with Crippen molar-refractivity contribution in [2.45, 2.75) is 32.1 Å². The van der Waals surface area contributed by atoms with Crippen LogP contribution in [-0.4, -0.2) is 99.6 Å². The Morgan fingerprint density at radius 2 is 1.57 bits per heavy atom. The van der Waals surface area contributed by atoms with Crippen LogP contribution >= 0.6 is 0 Å². The standard InChI is InChI=1S/C30H39N3O11/c1-21-4-7-27(35)33(21)11-8-26(34)31-9-2-12-40-14-16-42-17-15-41-13-3-10-32-29(38)24-18-22-5-6-23(43-20-28(36)37)19-25(22)44-30(24)39/h5-6,18-19H,1-4,7-17,20H2,(H,31,34)(H,32,38)(H,36,37). The molecule has 2 heterocycles. The quantitative estimate of drug-likeness (QED) is 0.136. The molecule has 1 fully saturated rings. The lowest BCUT2D eigenvalue weighted by Gasteiger charge is -2.16. The Hall–Kier alpha value is -4.27. The molecular weight excluding hydrogens is 578 g/mol. The number of nitrogens with zero attached hydrogens (tertiary/aromatic N) is 1. The topological polar surface area (TPSA) is 183 Å². The summed E-state index contributed by atoms with van der Waals surface area (Å²) >= 11 is 0. The van der Waals surface area contributed by atoms with Gasteiger partial charge < -0.3 is 44.0 Å². The van der Waals surface area contributed by atoms with Crippen molar-refractivity contribution >= 4 is 34.7 Å². The van der Waals surface area contributed by atoms with Crippen LogP contribution in [-0.2, 0) is 28.6 Å². The zero-order valence-electron chi connectivity index (χ0n) is 24.6. The van der Waals surface area contributed by atoms with Gasteiger partial charge in [-0.2, -0.15) is 0 Å². The third-order valence-corrected chi connectivity index (χ3v) is 6.47. The highest BCUT2D eigenvalue weighted by Crippen LogP contribution is 2.21. The van der Waals surface area contributed by atoms with E-state index in [0.29, 0.717) is 90.3 Å². The highest BCUT2D eigenvalue weighted by atomic mass is 16.5. The molecule has 3 N–H and O–H groups in total. The molecule has 0 bridgehead atoms. The largest absolute Gasteiger partial charge is 0.482 e. The minimum absolute atomic E-state index is 0.0220. The maximum Gasteiger partial charge on any atom is 0.349 e. The Morgan fingerprint density at radius 3 is 2.20 bits per heavy atom. The van der Waals surface area contributed by atoms with Crippen LogP contribution in [0, 0.1) is 0 Å². The normalized spacial score (nSPS) is 13.0. The minimum Gasteiger partial charge on any atom is -0.482 e. The van der Waals surface area contributed by atoms with E-state index >= 15 is 0 Å². The molecule has 14 heteroatoms. The maximum absolute atomic E-state index is 12.4. The lowest BCUT2D eigenvalue weighted by molar-refractivity contribution is -0.139. The summed E-state index contributed by atoms with van der Waals surface area (Å²) in [6.07, 6.45) is 2.57. The summed E-state index contributed by atoms with van der Waals surface area (Å²) in [5.74, 6) is -1.56. The van der Waals surface area contributed by atoms with Crippen molar-refractivity contribution in [3.63, 3.8) is 0 Å². The van der Waals surface area contributed by atoms with Gasteiger partial charge in [0.1, 0.15) is 16.9 Å². The van der Waals surface area contributed by atoms with Crippen LogP contribution in [0.1, 0.15) is 42.5 Å². The molecule has 14 nitrogen and oxygen atoms in total. The predicted octanol–water partition coefficient (Wildman–Crippen LogP) is 1.46. The van der Waals surface area contributed by atoms with Crippen LogP contribution in [0.2, 0.25) is 0 Å². The first kappa shape index (κ1) is 34.2. The number of carbonyl (C=O) groups excluding carboxylic acids is 3. The van der Waals surface area contributed by atoms with Gasteiger partial charge in [0.25, 0.3) is 5.91 Å². The molecule has 0 atom stereocenters. The van der Waals surface area contributed by atoms with Gasteiger partial charge in [-0.15, -0.1) is 0 Å². The van der Waals surface area contributed by atoms with Crippen LogP contribution in [0.15, 0.2) is 45.8 Å². The van der Waals surface area contributed by atoms with Gasteiger partial charge in [-0.3, -0.25) is 14.4 Å². The number of aliphatic carboxylic acids is 1. The summed E-state index contributed by atoms with van der Waals surface area (Å²) in [5, 5.41) is 14.7. The number of hydrogen-bond donors (Lipinski definition) is 3. The van der Waals surface area contributed by atoms with E-state index in [1.54, 1.807) is 11.0 Å². The molecule has 0 unspecified atom stereocenters. The van der Waals surface area contributed by atoms with Crippen molar-refractivity contribution in [2.75, 3.05) is 65.9 Å². The summed E-state index contributed by atoms with van der Waals surface area (Å²) in [6, 6.07) is 5.89. The van der Waals surface area contributed by atoms with Crippen LogP contribution in [0.3, 0.4) is 0 Å². The number of likely N-dealkylation sites (tertiary alicyclic amines) is 1. The Balaban J connectivity index is 1.14. The van der Waals surface area contributed by atoms with E-state index in [9.17, 15) is 24.0 Å². The van der Waals surface area contributed by atoms with E-state index in [4.69, 9.17) is 28.5 Å². The maximum atomic E-state index is 12.4. The first-order valence-corrected chi connectivity index (χ1v) is 14.4. The molecule has 3 rings (SSSR count). The van der Waals surface area contributed by atoms with Crippen LogP contribution in [0.4, 0.5) is 0 Å². The number of carboxylic acid groups (broad SMARTS) is 1. The lowest BCUT2D eigenvalue weighted by Crippen LogP contribution is -2.31. The third kappa shape index (κ3) is 11.8. The molecule has 1 aromatic heterocycles. The molecule has 0 radical (unpaired) electrons. The summed E-state index contributed by atoms with van der Waals surface area (Å²) < 4.78 is 26.7. The second-order valence-electron chi connectivity index (χ2n) is 9.84. The predicted molar refractivity (Wildman–Crippen MR) is 157 cm³/mol. The Labute approximate surface area is 254 Å². The van der Waals surface area contributed by atoms with Gasteiger partial charge in [-0.25, -0.2) is 9.59 Å². The number of fused-ring (bicyclic) bond motifs is 1. The van der Waals surface area contributed by atoms with E-state index < -0.39 is 24.1 Å². The molecule has 0 aliphatic carbocycles. The molecule has 44 heavy (non-hydrogen) atoms. The van der Waals surface area contributed by atoms with Gasteiger partial charge in [0.15, 0.2) is 6.61 Å². The van der Waals surface area contributed by atoms with Gasteiger partial charge in [0.2, 0.25) is 11.8 Å². The number of carboxylic acids is 1. The van der Waals surface area contributed by atoms with E-state index in [1.165, 1.54) is 18.2 Å². The van der Waals surface area contributed by atoms with Crippen molar-refractivity contribution in [1.29, 1.82) is 0 Å². The first-order chi connectivity index (χ1) is 21.2. The summed E-state index contributed by atoms with van der Waals surface area (Å²) in [7, 11) is 0. The SMILES string of the molecule is C=C1CCC(=O)N1CCC(=O)NCCCOCCOCCOCCCNC(=O)c1cc2ccc(OCC(=O)O)cc2oc1=O. The van der Waals surface area contributed by atoms with E-state index in [0.717, 1.165) is 5.70 Å². The molecule has 0 saturated carbocycles. The molecule has 2 aromatic rings. The molecule has 3 amide bonds. The Morgan fingerprint density at radius 1 is 0.909 bits per heavy atom. The number of amides is 3. The van der Waals surface area contributed by atoms with E-state index in [2.05, 4.69) is 17.2 Å². The highest BCUT2D eigenvalue weighted by molar-refractivity contribution is 5.96. The summed E-state index contributed by atoms with van der Waals surface area (Å²) in [4.78, 5) is 60.5. The molecule has 1 aromatic carbocycles. The Kier molecular flexibility index (Phi) is 14.3. The van der Waals surface area contributed by atoms with Crippen LogP contribution < -0.4 is 21.0 Å². The van der Waals surface area contributed by atoms with Crippen molar-refractivity contribution < 1.29 is 47.6 Å². The fourth-order valence-corrected chi connectivity index (χ4v) is 4.18. The number of nitrogens with one attached hydrogen (secondary N) is 2. The second kappa shape index (κ2) is 18.4. The average molecular weight is 618 g/mol. The third-order valence-electron chi connectivity index (χ3n) is 6.47. The monoisotopic (exact) mass is 617 g/mol. The molecule has 1 aliphatic heterocycles. The molecule has 1 saturated heterocycles. The average Bonchev–Trinajstić information content (AvgIpc) is 3.32. The van der Waals surface area contributed by atoms with Crippen LogP contribution in [0.5, 0.6) is 5.75 Å². The summed E-state index contributed by atoms with van der Waals surface area (Å²) in [6.45, 7) is 6.93. The zero-order valence-corrected chi connectivity index (χ0v) is 24.6. The lowest BCUT2D eigenvalue weighted by atomic mass is 10.1. The van der Waals surface area contributed by atoms with E-state index in [1.807, 2.05) is 0 Å². The number of ether oxygens (including phenoxy) is 4. The van der Waals surface area contributed by atoms with Gasteiger partial charge in [0, 0.05) is 62.8 Å². The highest BCUT2D eigenvalue weighted by Gasteiger charge is 2.24. The number of benzene rings is 1. The van der Waals surface area contributed by atoms with E-state index in [-0.39, 0.29) is 35.1 Å².